The maximum Gasteiger partial charge on any atom is 0.243 e. The van der Waals surface area contributed by atoms with Crippen molar-refractivity contribution in [1.29, 1.82) is 0 Å². The van der Waals surface area contributed by atoms with Crippen molar-refractivity contribution < 1.29 is 4.79 Å². The molecular formula is C12H21N3OS. The monoisotopic (exact) mass is 255 g/mol. The first-order valence-electron chi connectivity index (χ1n) is 6.27. The SMILES string of the molecule is CN(C)C(=O)CN=C1NC2(CCCCC2)CS1. The van der Waals surface area contributed by atoms with Crippen molar-refractivity contribution in [2.45, 2.75) is 37.6 Å². The van der Waals surface area contributed by atoms with E-state index in [1.54, 1.807) is 30.8 Å². The van der Waals surface area contributed by atoms with Crippen LogP contribution < -0.4 is 5.32 Å². The lowest BCUT2D eigenvalue weighted by molar-refractivity contribution is -0.127. The second-order valence-electron chi connectivity index (χ2n) is 5.16. The second-order valence-corrected chi connectivity index (χ2v) is 6.13. The van der Waals surface area contributed by atoms with Crippen molar-refractivity contribution in [3.63, 3.8) is 0 Å². The van der Waals surface area contributed by atoms with Gasteiger partial charge in [0, 0.05) is 25.4 Å². The first-order chi connectivity index (χ1) is 8.11. The Bertz CT molecular complexity index is 322. The first-order valence-corrected chi connectivity index (χ1v) is 7.25. The van der Waals surface area contributed by atoms with Crippen LogP contribution in [-0.4, -0.2) is 47.9 Å². The molecule has 1 aliphatic carbocycles. The van der Waals surface area contributed by atoms with E-state index in [9.17, 15) is 4.79 Å². The molecule has 0 aromatic carbocycles. The molecule has 5 heteroatoms. The Morgan fingerprint density at radius 3 is 2.76 bits per heavy atom. The van der Waals surface area contributed by atoms with Gasteiger partial charge in [-0.1, -0.05) is 31.0 Å². The number of hydrogen-bond acceptors (Lipinski definition) is 3. The van der Waals surface area contributed by atoms with E-state index in [4.69, 9.17) is 0 Å². The summed E-state index contributed by atoms with van der Waals surface area (Å²) in [5.74, 6) is 1.17. The second kappa shape index (κ2) is 5.29. The molecule has 0 bridgehead atoms. The quantitative estimate of drug-likeness (QED) is 0.812. The number of likely N-dealkylation sites (N-methyl/N-ethyl adjacent to an activating group) is 1. The van der Waals surface area contributed by atoms with Gasteiger partial charge in [-0.25, -0.2) is 0 Å². The van der Waals surface area contributed by atoms with Crippen LogP contribution in [-0.2, 0) is 4.79 Å². The number of hydrogen-bond donors (Lipinski definition) is 1. The minimum atomic E-state index is 0.0597. The third-order valence-corrected chi connectivity index (χ3v) is 4.73. The van der Waals surface area contributed by atoms with Gasteiger partial charge in [0.2, 0.25) is 5.91 Å². The summed E-state index contributed by atoms with van der Waals surface area (Å²) in [6, 6.07) is 0. The van der Waals surface area contributed by atoms with Crippen LogP contribution in [0.5, 0.6) is 0 Å². The Morgan fingerprint density at radius 2 is 2.12 bits per heavy atom. The molecule has 1 spiro atoms. The molecule has 0 unspecified atom stereocenters. The molecule has 0 aromatic heterocycles. The Balaban J connectivity index is 1.88. The highest BCUT2D eigenvalue weighted by Gasteiger charge is 2.37. The minimum Gasteiger partial charge on any atom is -0.359 e. The molecule has 1 saturated carbocycles. The van der Waals surface area contributed by atoms with Crippen molar-refractivity contribution in [2.75, 3.05) is 26.4 Å². The first kappa shape index (κ1) is 12.7. The molecular weight excluding hydrogens is 234 g/mol. The number of carbonyl (C=O) groups excluding carboxylic acids is 1. The van der Waals surface area contributed by atoms with Gasteiger partial charge < -0.3 is 10.2 Å². The smallest absolute Gasteiger partial charge is 0.243 e. The van der Waals surface area contributed by atoms with Gasteiger partial charge in [0.05, 0.1) is 0 Å². The van der Waals surface area contributed by atoms with E-state index >= 15 is 0 Å². The van der Waals surface area contributed by atoms with Gasteiger partial charge >= 0.3 is 0 Å². The summed E-state index contributed by atoms with van der Waals surface area (Å²) in [7, 11) is 3.53. The van der Waals surface area contributed by atoms with E-state index in [1.165, 1.54) is 32.1 Å². The maximum absolute atomic E-state index is 11.4. The highest BCUT2D eigenvalue weighted by atomic mass is 32.2. The zero-order chi connectivity index (χ0) is 12.3. The molecule has 2 fully saturated rings. The van der Waals surface area contributed by atoms with Crippen LogP contribution in [0.25, 0.3) is 0 Å². The van der Waals surface area contributed by atoms with Crippen LogP contribution in [0, 0.1) is 0 Å². The van der Waals surface area contributed by atoms with Gasteiger partial charge in [-0.2, -0.15) is 0 Å². The summed E-state index contributed by atoms with van der Waals surface area (Å²) in [5.41, 5.74) is 0.281. The lowest BCUT2D eigenvalue weighted by atomic mass is 9.83. The average molecular weight is 255 g/mol. The predicted octanol–water partition coefficient (Wildman–Crippen LogP) is 1.47. The summed E-state index contributed by atoms with van der Waals surface area (Å²) >= 11 is 1.77. The summed E-state index contributed by atoms with van der Waals surface area (Å²) in [4.78, 5) is 17.4. The van der Waals surface area contributed by atoms with Crippen molar-refractivity contribution in [2.24, 2.45) is 4.99 Å². The van der Waals surface area contributed by atoms with Gasteiger partial charge in [0.15, 0.2) is 5.17 Å². The van der Waals surface area contributed by atoms with Crippen LogP contribution in [0.2, 0.25) is 0 Å². The highest BCUT2D eigenvalue weighted by molar-refractivity contribution is 8.14. The van der Waals surface area contributed by atoms with Crippen molar-refractivity contribution in [3.8, 4) is 0 Å². The summed E-state index contributed by atoms with van der Waals surface area (Å²) in [5, 5.41) is 4.50. The normalized spacial score (nSPS) is 24.9. The fourth-order valence-electron chi connectivity index (χ4n) is 2.37. The number of amides is 1. The fourth-order valence-corrected chi connectivity index (χ4v) is 3.59. The molecule has 1 saturated heterocycles. The Labute approximate surface area is 107 Å². The number of carbonyl (C=O) groups is 1. The largest absolute Gasteiger partial charge is 0.359 e. The van der Waals surface area contributed by atoms with Gasteiger partial charge in [-0.05, 0) is 12.8 Å². The summed E-state index contributed by atoms with van der Waals surface area (Å²) in [6.07, 6.45) is 6.50. The molecule has 1 N–H and O–H groups in total. The molecule has 1 amide bonds. The predicted molar refractivity (Wildman–Crippen MR) is 72.4 cm³/mol. The standard InChI is InChI=1S/C12H21N3OS/c1-15(2)10(16)8-13-11-14-12(9-17-11)6-4-3-5-7-12/h3-9H2,1-2H3,(H,13,14). The van der Waals surface area contributed by atoms with E-state index < -0.39 is 0 Å². The van der Waals surface area contributed by atoms with Gasteiger partial charge in [-0.3, -0.25) is 9.79 Å². The lowest BCUT2D eigenvalue weighted by Gasteiger charge is -2.32. The molecule has 2 rings (SSSR count). The van der Waals surface area contributed by atoms with E-state index in [1.807, 2.05) is 0 Å². The third-order valence-electron chi connectivity index (χ3n) is 3.52. The van der Waals surface area contributed by atoms with E-state index in [2.05, 4.69) is 10.3 Å². The Morgan fingerprint density at radius 1 is 1.41 bits per heavy atom. The Hall–Kier alpha value is -0.710. The van der Waals surface area contributed by atoms with Crippen LogP contribution in [0.3, 0.4) is 0 Å². The number of nitrogens with zero attached hydrogens (tertiary/aromatic N) is 2. The molecule has 0 aromatic rings. The molecule has 96 valence electrons. The van der Waals surface area contributed by atoms with Crippen molar-refractivity contribution in [1.82, 2.24) is 10.2 Å². The molecule has 0 atom stereocenters. The number of rotatable bonds is 2. The molecule has 2 aliphatic rings. The maximum atomic E-state index is 11.4. The number of thioether (sulfide) groups is 1. The van der Waals surface area contributed by atoms with Gasteiger partial charge in [0.25, 0.3) is 0 Å². The highest BCUT2D eigenvalue weighted by Crippen LogP contribution is 2.35. The van der Waals surface area contributed by atoms with Crippen LogP contribution >= 0.6 is 11.8 Å². The van der Waals surface area contributed by atoms with Crippen LogP contribution in [0.15, 0.2) is 4.99 Å². The average Bonchev–Trinajstić information content (AvgIpc) is 2.70. The molecule has 17 heavy (non-hydrogen) atoms. The van der Waals surface area contributed by atoms with Crippen LogP contribution in [0.1, 0.15) is 32.1 Å². The molecule has 1 heterocycles. The van der Waals surface area contributed by atoms with Crippen molar-refractivity contribution >= 4 is 22.8 Å². The van der Waals surface area contributed by atoms with Crippen LogP contribution in [0.4, 0.5) is 0 Å². The minimum absolute atomic E-state index is 0.0597. The molecule has 1 aliphatic heterocycles. The summed E-state index contributed by atoms with van der Waals surface area (Å²) in [6.45, 7) is 0.262. The molecule has 4 nitrogen and oxygen atoms in total. The van der Waals surface area contributed by atoms with Gasteiger partial charge in [-0.15, -0.1) is 0 Å². The third kappa shape index (κ3) is 3.15. The summed E-state index contributed by atoms with van der Waals surface area (Å²) < 4.78 is 0. The fraction of sp³-hybridized carbons (Fsp3) is 0.833. The van der Waals surface area contributed by atoms with E-state index in [0.29, 0.717) is 0 Å². The Kier molecular flexibility index (Phi) is 3.97. The lowest BCUT2D eigenvalue weighted by Crippen LogP contribution is -2.45. The van der Waals surface area contributed by atoms with E-state index in [0.717, 1.165) is 10.9 Å². The van der Waals surface area contributed by atoms with E-state index in [-0.39, 0.29) is 18.0 Å². The van der Waals surface area contributed by atoms with Gasteiger partial charge in [0.1, 0.15) is 6.54 Å². The topological polar surface area (TPSA) is 44.7 Å². The number of amidine groups is 1. The number of aliphatic imine (C=N–C) groups is 1. The number of nitrogens with one attached hydrogen (secondary N) is 1. The zero-order valence-electron chi connectivity index (χ0n) is 10.7. The van der Waals surface area contributed by atoms with Crippen molar-refractivity contribution in [3.05, 3.63) is 0 Å². The zero-order valence-corrected chi connectivity index (χ0v) is 11.5. The molecule has 0 radical (unpaired) electrons.